The lowest BCUT2D eigenvalue weighted by Gasteiger charge is -2.18. The highest BCUT2D eigenvalue weighted by Crippen LogP contribution is 2.17. The molecular formula is C72H126O6. The zero-order valence-electron chi connectivity index (χ0n) is 51.7. The van der Waals surface area contributed by atoms with E-state index in [4.69, 9.17) is 14.2 Å². The summed E-state index contributed by atoms with van der Waals surface area (Å²) in [6, 6.07) is 0. The van der Waals surface area contributed by atoms with Crippen molar-refractivity contribution in [3.63, 3.8) is 0 Å². The number of ether oxygens (including phenoxy) is 3. The van der Waals surface area contributed by atoms with E-state index in [1.165, 1.54) is 186 Å². The van der Waals surface area contributed by atoms with Gasteiger partial charge in [-0.15, -0.1) is 0 Å². The molecule has 1 unspecified atom stereocenters. The molecule has 450 valence electrons. The Bertz CT molecular complexity index is 1480. The number of hydrogen-bond donors (Lipinski definition) is 0. The zero-order chi connectivity index (χ0) is 56.4. The van der Waals surface area contributed by atoms with E-state index in [0.717, 1.165) is 109 Å². The molecule has 0 saturated heterocycles. The molecule has 0 aliphatic rings. The second kappa shape index (κ2) is 66.1. The maximum atomic E-state index is 12.9. The van der Waals surface area contributed by atoms with E-state index in [2.05, 4.69) is 106 Å². The van der Waals surface area contributed by atoms with Crippen LogP contribution < -0.4 is 0 Å². The largest absolute Gasteiger partial charge is 0.462 e. The van der Waals surface area contributed by atoms with Crippen molar-refractivity contribution in [2.45, 2.75) is 341 Å². The molecule has 0 spiro atoms. The quantitative estimate of drug-likeness (QED) is 0.0261. The molecule has 0 radical (unpaired) electrons. The van der Waals surface area contributed by atoms with E-state index in [0.29, 0.717) is 19.3 Å². The molecule has 0 saturated carbocycles. The molecule has 0 bridgehead atoms. The maximum absolute atomic E-state index is 12.9. The van der Waals surface area contributed by atoms with E-state index in [1.54, 1.807) is 0 Å². The third kappa shape index (κ3) is 63.4. The van der Waals surface area contributed by atoms with E-state index in [1.807, 2.05) is 0 Å². The summed E-state index contributed by atoms with van der Waals surface area (Å²) in [5.74, 6) is -0.868. The molecule has 0 heterocycles. The van der Waals surface area contributed by atoms with Crippen LogP contribution in [0.15, 0.2) is 85.1 Å². The molecule has 0 fully saturated rings. The van der Waals surface area contributed by atoms with Crippen LogP contribution in [0.2, 0.25) is 0 Å². The Kier molecular flexibility index (Phi) is 63.2. The second-order valence-electron chi connectivity index (χ2n) is 22.4. The number of carbonyl (C=O) groups excluding carboxylic acids is 3. The van der Waals surface area contributed by atoms with Crippen LogP contribution in [0.1, 0.15) is 335 Å². The number of hydrogen-bond acceptors (Lipinski definition) is 6. The van der Waals surface area contributed by atoms with Gasteiger partial charge in [0.1, 0.15) is 13.2 Å². The Labute approximate surface area is 484 Å². The lowest BCUT2D eigenvalue weighted by atomic mass is 10.0. The van der Waals surface area contributed by atoms with Crippen LogP contribution in [0.25, 0.3) is 0 Å². The summed E-state index contributed by atoms with van der Waals surface area (Å²) in [6.45, 7) is 6.53. The highest BCUT2D eigenvalue weighted by Gasteiger charge is 2.19. The van der Waals surface area contributed by atoms with Crippen molar-refractivity contribution in [3.8, 4) is 0 Å². The predicted molar refractivity (Wildman–Crippen MR) is 339 cm³/mol. The first-order chi connectivity index (χ1) is 38.5. The summed E-state index contributed by atoms with van der Waals surface area (Å²) in [7, 11) is 0. The van der Waals surface area contributed by atoms with Crippen molar-refractivity contribution in [2.24, 2.45) is 0 Å². The highest BCUT2D eigenvalue weighted by atomic mass is 16.6. The summed E-state index contributed by atoms with van der Waals surface area (Å²) in [5.41, 5.74) is 0. The molecule has 1 atom stereocenters. The zero-order valence-corrected chi connectivity index (χ0v) is 51.7. The molecule has 0 aromatic carbocycles. The van der Waals surface area contributed by atoms with Gasteiger partial charge >= 0.3 is 17.9 Å². The minimum absolute atomic E-state index is 0.0739. The Morgan fingerprint density at radius 1 is 0.269 bits per heavy atom. The van der Waals surface area contributed by atoms with Crippen LogP contribution >= 0.6 is 0 Å². The van der Waals surface area contributed by atoms with Crippen molar-refractivity contribution in [1.29, 1.82) is 0 Å². The number of esters is 3. The number of carbonyl (C=O) groups is 3. The fraction of sp³-hybridized carbons (Fsp3) is 0.764. The standard InChI is InChI=1S/C72H126O6/c1-4-7-10-13-16-19-22-25-26-27-28-29-30-31-32-33-34-35-36-37-38-39-40-41-42-43-44-45-46-48-50-53-56-59-62-65-71(74)77-68-69(67-76-70(73)64-61-58-55-52-49-24-21-18-15-12-9-6-3)78-72(75)66-63-60-57-54-51-47-23-20-17-14-11-8-5-2/h7,10,16,19-20,23,25-26,28-29,31-32,34-35,69H,4-6,8-9,11-15,17-18,21-22,24,27,30,33,36-68H2,1-3H3/b10-7-,19-16-,23-20-,26-25-,29-28-,32-31-,35-34-. The van der Waals surface area contributed by atoms with E-state index in [-0.39, 0.29) is 31.1 Å². The lowest BCUT2D eigenvalue weighted by molar-refractivity contribution is -0.167. The molecule has 0 aromatic heterocycles. The average molecular weight is 1090 g/mol. The summed E-state index contributed by atoms with van der Waals surface area (Å²) in [6.07, 6.45) is 87.6. The van der Waals surface area contributed by atoms with Gasteiger partial charge in [0.15, 0.2) is 6.10 Å². The highest BCUT2D eigenvalue weighted by molar-refractivity contribution is 5.71. The monoisotopic (exact) mass is 1090 g/mol. The van der Waals surface area contributed by atoms with Gasteiger partial charge in [-0.3, -0.25) is 14.4 Å². The molecule has 0 amide bonds. The van der Waals surface area contributed by atoms with Crippen molar-refractivity contribution in [1.82, 2.24) is 0 Å². The Hall–Kier alpha value is -3.41. The Morgan fingerprint density at radius 2 is 0.500 bits per heavy atom. The molecule has 0 aliphatic carbocycles. The predicted octanol–water partition coefficient (Wildman–Crippen LogP) is 23.1. The summed E-state index contributed by atoms with van der Waals surface area (Å²) in [4.78, 5) is 38.2. The first-order valence-corrected chi connectivity index (χ1v) is 33.6. The second-order valence-corrected chi connectivity index (χ2v) is 22.4. The number of rotatable bonds is 61. The summed E-state index contributed by atoms with van der Waals surface area (Å²) >= 11 is 0. The van der Waals surface area contributed by atoms with Gasteiger partial charge in [-0.25, -0.2) is 0 Å². The molecule has 0 aromatic rings. The minimum Gasteiger partial charge on any atom is -0.462 e. The van der Waals surface area contributed by atoms with Gasteiger partial charge in [0, 0.05) is 19.3 Å². The van der Waals surface area contributed by atoms with Crippen LogP contribution in [-0.4, -0.2) is 37.2 Å². The van der Waals surface area contributed by atoms with Crippen LogP contribution in [0.5, 0.6) is 0 Å². The minimum atomic E-state index is -0.776. The van der Waals surface area contributed by atoms with Gasteiger partial charge in [0.25, 0.3) is 0 Å². The van der Waals surface area contributed by atoms with Crippen LogP contribution in [0, 0.1) is 0 Å². The summed E-state index contributed by atoms with van der Waals surface area (Å²) in [5, 5.41) is 0. The molecule has 0 aliphatic heterocycles. The third-order valence-electron chi connectivity index (χ3n) is 14.6. The van der Waals surface area contributed by atoms with Crippen molar-refractivity contribution >= 4 is 17.9 Å². The van der Waals surface area contributed by atoms with Crippen molar-refractivity contribution in [2.75, 3.05) is 13.2 Å². The molecule has 0 N–H and O–H groups in total. The van der Waals surface area contributed by atoms with Crippen molar-refractivity contribution < 1.29 is 28.6 Å². The van der Waals surface area contributed by atoms with Gasteiger partial charge in [0.05, 0.1) is 0 Å². The number of allylic oxidation sites excluding steroid dienone is 14. The molecule has 78 heavy (non-hydrogen) atoms. The normalized spacial score (nSPS) is 12.6. The third-order valence-corrected chi connectivity index (χ3v) is 14.6. The topological polar surface area (TPSA) is 78.9 Å². The van der Waals surface area contributed by atoms with Gasteiger partial charge < -0.3 is 14.2 Å². The van der Waals surface area contributed by atoms with Crippen LogP contribution in [0.4, 0.5) is 0 Å². The van der Waals surface area contributed by atoms with E-state index >= 15 is 0 Å². The smallest absolute Gasteiger partial charge is 0.306 e. The van der Waals surface area contributed by atoms with E-state index < -0.39 is 6.10 Å². The average Bonchev–Trinajstić information content (AvgIpc) is 3.44. The van der Waals surface area contributed by atoms with Gasteiger partial charge in [-0.1, -0.05) is 305 Å². The Balaban J connectivity index is 4.08. The molecule has 6 heteroatoms. The van der Waals surface area contributed by atoms with E-state index in [9.17, 15) is 14.4 Å². The first-order valence-electron chi connectivity index (χ1n) is 33.6. The van der Waals surface area contributed by atoms with Crippen molar-refractivity contribution in [3.05, 3.63) is 85.1 Å². The van der Waals surface area contributed by atoms with Gasteiger partial charge in [-0.05, 0) is 96.3 Å². The van der Waals surface area contributed by atoms with Gasteiger partial charge in [-0.2, -0.15) is 0 Å². The van der Waals surface area contributed by atoms with Crippen LogP contribution in [0.3, 0.4) is 0 Å². The summed E-state index contributed by atoms with van der Waals surface area (Å²) < 4.78 is 16.9. The molecule has 0 rings (SSSR count). The lowest BCUT2D eigenvalue weighted by Crippen LogP contribution is -2.30. The van der Waals surface area contributed by atoms with Gasteiger partial charge in [0.2, 0.25) is 0 Å². The first kappa shape index (κ1) is 74.6. The number of unbranched alkanes of at least 4 members (excludes halogenated alkanes) is 36. The molecule has 6 nitrogen and oxygen atoms in total. The Morgan fingerprint density at radius 3 is 0.808 bits per heavy atom. The molecular weight excluding hydrogens is 961 g/mol. The maximum Gasteiger partial charge on any atom is 0.306 e. The SMILES string of the molecule is CC/C=C\C/C=C\C/C=C\C/C=C\C/C=C\C/C=C\CCCCCCCCCCCCCCCCCCC(=O)OCC(COC(=O)CCCCCCCCCCCCCC)OC(=O)CCCCCCC/C=C\CCCCCC. The fourth-order valence-corrected chi connectivity index (χ4v) is 9.62. The van der Waals surface area contributed by atoms with Crippen LogP contribution in [-0.2, 0) is 28.6 Å². The fourth-order valence-electron chi connectivity index (χ4n) is 9.62.